The van der Waals surface area contributed by atoms with Crippen molar-refractivity contribution in [3.05, 3.63) is 4.87 Å². The molecule has 0 aliphatic rings. The van der Waals surface area contributed by atoms with Gasteiger partial charge in [-0.3, -0.25) is 4.55 Å². The maximum Gasteiger partial charge on any atom is 0.268 e. The van der Waals surface area contributed by atoms with E-state index in [0.29, 0.717) is 11.3 Å². The maximum absolute atomic E-state index is 10.8. The Balaban J connectivity index is 4.05. The van der Waals surface area contributed by atoms with Gasteiger partial charge < -0.3 is 0 Å². The highest BCUT2D eigenvalue weighted by molar-refractivity contribution is 7.90. The lowest BCUT2D eigenvalue weighted by molar-refractivity contribution is 0.485. The molecule has 0 aromatic heterocycles. The minimum Gasteiger partial charge on any atom is -0.285 e. The maximum atomic E-state index is 10.8. The van der Waals surface area contributed by atoms with E-state index in [1.807, 2.05) is 13.8 Å². The van der Waals surface area contributed by atoms with Crippen LogP contribution in [0.15, 0.2) is 0 Å². The van der Waals surface area contributed by atoms with Crippen molar-refractivity contribution in [1.82, 2.24) is 0 Å². The quantitative estimate of drug-likeness (QED) is 0.527. The van der Waals surface area contributed by atoms with Gasteiger partial charge in [0.2, 0.25) is 0 Å². The van der Waals surface area contributed by atoms with Crippen LogP contribution in [-0.2, 0) is 10.1 Å². The molecule has 3 nitrogen and oxygen atoms in total. The van der Waals surface area contributed by atoms with Crippen LogP contribution in [0, 0.1) is 4.87 Å². The highest BCUT2D eigenvalue weighted by Gasteiger charge is 2.22. The number of rotatable bonds is 6. The van der Waals surface area contributed by atoms with Crippen LogP contribution >= 0.6 is 0 Å². The second-order valence-electron chi connectivity index (χ2n) is 2.87. The molecule has 0 heterocycles. The van der Waals surface area contributed by atoms with Crippen molar-refractivity contribution in [3.63, 3.8) is 0 Å². The molecule has 0 unspecified atom stereocenters. The minimum atomic E-state index is -3.82. The third kappa shape index (κ3) is 4.90. The van der Waals surface area contributed by atoms with Gasteiger partial charge >= 0.3 is 0 Å². The van der Waals surface area contributed by atoms with Crippen LogP contribution in [-0.4, -0.2) is 22.5 Å². The molecule has 1 radical (unpaired) electrons. The van der Waals surface area contributed by atoms with Crippen LogP contribution < -0.4 is 0 Å². The van der Waals surface area contributed by atoms with E-state index >= 15 is 0 Å². The fourth-order valence-electron chi connectivity index (χ4n) is 1.04. The first-order valence-corrected chi connectivity index (χ1v) is 7.49. The second-order valence-corrected chi connectivity index (χ2v) is 6.97. The molecule has 0 spiro atoms. The molecule has 12 heavy (non-hydrogen) atoms. The van der Waals surface area contributed by atoms with E-state index < -0.39 is 19.6 Å². The molecule has 0 saturated heterocycles. The Kier molecular flexibility index (Phi) is 5.78. The molecule has 0 rings (SSSR count). The predicted molar refractivity (Wildman–Crippen MR) is 53.3 cm³/mol. The predicted octanol–water partition coefficient (Wildman–Crippen LogP) is 1.16. The summed E-state index contributed by atoms with van der Waals surface area (Å²) in [6, 6.07) is 0.967. The summed E-state index contributed by atoms with van der Waals surface area (Å²) < 4.78 is 30.4. The van der Waals surface area contributed by atoms with Crippen molar-refractivity contribution in [2.75, 3.05) is 0 Å². The molecule has 0 aliphatic carbocycles. The van der Waals surface area contributed by atoms with Crippen LogP contribution in [0.2, 0.25) is 6.04 Å². The van der Waals surface area contributed by atoms with Crippen LogP contribution in [0.4, 0.5) is 0 Å². The average molecular weight is 209 g/mol. The summed E-state index contributed by atoms with van der Waals surface area (Å²) in [6.07, 6.45) is 2.35. The lowest BCUT2D eigenvalue weighted by Crippen LogP contribution is -2.18. The Hall–Kier alpha value is 0.127. The van der Waals surface area contributed by atoms with Crippen molar-refractivity contribution in [3.8, 4) is 0 Å². The van der Waals surface area contributed by atoms with Crippen molar-refractivity contribution >= 4 is 19.6 Å². The number of hydrogen-bond donors (Lipinski definition) is 1. The fourth-order valence-corrected chi connectivity index (χ4v) is 4.31. The molecule has 0 fully saturated rings. The van der Waals surface area contributed by atoms with E-state index in [1.165, 1.54) is 0 Å². The van der Waals surface area contributed by atoms with Gasteiger partial charge in [0.1, 0.15) is 4.87 Å². The molecular weight excluding hydrogens is 192 g/mol. The van der Waals surface area contributed by atoms with E-state index in [1.54, 1.807) is 0 Å². The minimum absolute atomic E-state index is 0.423. The summed E-state index contributed by atoms with van der Waals surface area (Å²) in [6.45, 7) is 3.95. The first kappa shape index (κ1) is 12.1. The Morgan fingerprint density at radius 1 is 1.33 bits per heavy atom. The van der Waals surface area contributed by atoms with E-state index in [-0.39, 0.29) is 0 Å². The van der Waals surface area contributed by atoms with Gasteiger partial charge in [0, 0.05) is 0 Å². The van der Waals surface area contributed by atoms with Crippen LogP contribution in [0.1, 0.15) is 33.1 Å². The second kappa shape index (κ2) is 5.72. The third-order valence-corrected chi connectivity index (χ3v) is 6.32. The zero-order valence-electron chi connectivity index (χ0n) is 7.71. The lowest BCUT2D eigenvalue weighted by atomic mass is 10.4. The van der Waals surface area contributed by atoms with Crippen LogP contribution in [0.3, 0.4) is 0 Å². The van der Waals surface area contributed by atoms with E-state index in [9.17, 15) is 8.42 Å². The smallest absolute Gasteiger partial charge is 0.268 e. The van der Waals surface area contributed by atoms with E-state index in [4.69, 9.17) is 4.55 Å². The molecule has 0 aromatic rings. The SMILES string of the molecule is CCC[SiH2][C](CCC)S(=O)(=O)O. The molecule has 0 bridgehead atoms. The average Bonchev–Trinajstić information content (AvgIpc) is 1.95. The highest BCUT2D eigenvalue weighted by atomic mass is 32.2. The third-order valence-electron chi connectivity index (χ3n) is 1.70. The fraction of sp³-hybridized carbons (Fsp3) is 0.857. The summed E-state index contributed by atoms with van der Waals surface area (Å²) in [5, 5.41) is 0. The summed E-state index contributed by atoms with van der Waals surface area (Å²) in [4.78, 5) is 0.423. The molecule has 73 valence electrons. The summed E-state index contributed by atoms with van der Waals surface area (Å²) in [5.41, 5.74) is 0. The summed E-state index contributed by atoms with van der Waals surface area (Å²) >= 11 is 0. The Bertz CT molecular complexity index is 201. The van der Waals surface area contributed by atoms with Gasteiger partial charge in [0.25, 0.3) is 10.1 Å². The van der Waals surface area contributed by atoms with Gasteiger partial charge in [0.05, 0.1) is 9.52 Å². The molecule has 5 heteroatoms. The monoisotopic (exact) mass is 209 g/mol. The molecule has 0 atom stereocenters. The molecule has 0 aromatic carbocycles. The van der Waals surface area contributed by atoms with Gasteiger partial charge in [-0.1, -0.05) is 32.7 Å². The lowest BCUT2D eigenvalue weighted by Gasteiger charge is -2.09. The van der Waals surface area contributed by atoms with E-state index in [0.717, 1.165) is 18.9 Å². The Morgan fingerprint density at radius 3 is 2.25 bits per heavy atom. The van der Waals surface area contributed by atoms with E-state index in [2.05, 4.69) is 0 Å². The molecule has 0 aliphatic heterocycles. The first-order valence-electron chi connectivity index (χ1n) is 4.34. The topological polar surface area (TPSA) is 54.4 Å². The normalized spacial score (nSPS) is 13.3. The van der Waals surface area contributed by atoms with Crippen molar-refractivity contribution < 1.29 is 13.0 Å². The molecule has 0 saturated carbocycles. The van der Waals surface area contributed by atoms with Gasteiger partial charge in [-0.05, 0) is 6.42 Å². The van der Waals surface area contributed by atoms with Gasteiger partial charge in [-0.15, -0.1) is 0 Å². The van der Waals surface area contributed by atoms with Crippen molar-refractivity contribution in [1.29, 1.82) is 0 Å². The van der Waals surface area contributed by atoms with Crippen LogP contribution in [0.5, 0.6) is 0 Å². The number of hydrogen-bond acceptors (Lipinski definition) is 2. The zero-order valence-corrected chi connectivity index (χ0v) is 9.94. The molecular formula is C7H17O3SSi. The largest absolute Gasteiger partial charge is 0.285 e. The van der Waals surface area contributed by atoms with Crippen molar-refractivity contribution in [2.24, 2.45) is 0 Å². The zero-order chi connectivity index (χ0) is 9.61. The Labute approximate surface area is 77.1 Å². The Morgan fingerprint density at radius 2 is 1.92 bits per heavy atom. The van der Waals surface area contributed by atoms with Crippen molar-refractivity contribution in [2.45, 2.75) is 39.2 Å². The summed E-state index contributed by atoms with van der Waals surface area (Å²) in [5.74, 6) is 0. The van der Waals surface area contributed by atoms with Gasteiger partial charge in [-0.2, -0.15) is 8.42 Å². The van der Waals surface area contributed by atoms with Crippen LogP contribution in [0.25, 0.3) is 0 Å². The molecule has 1 N–H and O–H groups in total. The summed E-state index contributed by atoms with van der Waals surface area (Å²) in [7, 11) is -4.53. The van der Waals surface area contributed by atoms with Gasteiger partial charge in [0.15, 0.2) is 0 Å². The molecule has 0 amide bonds. The highest BCUT2D eigenvalue weighted by Crippen LogP contribution is 2.15. The first-order chi connectivity index (χ1) is 5.52. The van der Waals surface area contributed by atoms with Gasteiger partial charge in [-0.25, -0.2) is 0 Å². The standard InChI is InChI=1S/C7H17O3SSi/c1-3-5-7(11(8,9)10)12-6-4-2/h3-6,12H2,1-2H3,(H,8,9,10).